The van der Waals surface area contributed by atoms with Crippen LogP contribution in [0.3, 0.4) is 0 Å². The number of hydrogen-bond acceptors (Lipinski definition) is 1. The van der Waals surface area contributed by atoms with Gasteiger partial charge in [-0.25, -0.2) is 0 Å². The van der Waals surface area contributed by atoms with Crippen molar-refractivity contribution >= 4 is 0 Å². The van der Waals surface area contributed by atoms with E-state index in [1.54, 1.807) is 6.26 Å². The zero-order chi connectivity index (χ0) is 8.39. The SMILES string of the molecule is Cc1occc1-c1[c]cccc1. The van der Waals surface area contributed by atoms with Crippen LogP contribution in [0.4, 0.5) is 0 Å². The van der Waals surface area contributed by atoms with Gasteiger partial charge in [0.25, 0.3) is 0 Å². The van der Waals surface area contributed by atoms with Crippen LogP contribution in [0.15, 0.2) is 41.0 Å². The first-order chi connectivity index (χ1) is 5.88. The van der Waals surface area contributed by atoms with Gasteiger partial charge < -0.3 is 4.42 Å². The van der Waals surface area contributed by atoms with E-state index in [9.17, 15) is 0 Å². The number of rotatable bonds is 1. The first kappa shape index (κ1) is 7.17. The molecule has 0 saturated carbocycles. The molecule has 1 heteroatoms. The number of furan rings is 1. The number of benzene rings is 1. The van der Waals surface area contributed by atoms with Crippen molar-refractivity contribution in [2.24, 2.45) is 0 Å². The Morgan fingerprint density at radius 1 is 1.25 bits per heavy atom. The molecule has 2 rings (SSSR count). The van der Waals surface area contributed by atoms with Gasteiger partial charge in [-0.3, -0.25) is 0 Å². The second-order valence-electron chi connectivity index (χ2n) is 2.67. The molecule has 0 amide bonds. The first-order valence-electron chi connectivity index (χ1n) is 3.89. The summed E-state index contributed by atoms with van der Waals surface area (Å²) in [5.74, 6) is 0.942. The largest absolute Gasteiger partial charge is 0.469 e. The van der Waals surface area contributed by atoms with Crippen LogP contribution in [0.1, 0.15) is 5.76 Å². The third kappa shape index (κ3) is 1.14. The maximum atomic E-state index is 5.20. The Morgan fingerprint density at radius 2 is 2.17 bits per heavy atom. The molecule has 1 aromatic carbocycles. The lowest BCUT2D eigenvalue weighted by molar-refractivity contribution is 0.535. The van der Waals surface area contributed by atoms with Crippen molar-refractivity contribution < 1.29 is 4.42 Å². The van der Waals surface area contributed by atoms with E-state index < -0.39 is 0 Å². The Hall–Kier alpha value is -1.50. The van der Waals surface area contributed by atoms with E-state index in [0.29, 0.717) is 0 Å². The summed E-state index contributed by atoms with van der Waals surface area (Å²) in [6.07, 6.45) is 1.70. The maximum Gasteiger partial charge on any atom is 0.108 e. The third-order valence-corrected chi connectivity index (χ3v) is 1.86. The van der Waals surface area contributed by atoms with Crippen molar-refractivity contribution in [3.63, 3.8) is 0 Å². The van der Waals surface area contributed by atoms with Crippen LogP contribution in [-0.2, 0) is 0 Å². The molecule has 0 fully saturated rings. The lowest BCUT2D eigenvalue weighted by Crippen LogP contribution is -1.75. The molecule has 0 atom stereocenters. The Labute approximate surface area is 71.6 Å². The molecule has 1 heterocycles. The van der Waals surface area contributed by atoms with Gasteiger partial charge in [-0.15, -0.1) is 0 Å². The third-order valence-electron chi connectivity index (χ3n) is 1.86. The second-order valence-corrected chi connectivity index (χ2v) is 2.67. The van der Waals surface area contributed by atoms with Crippen molar-refractivity contribution in [3.8, 4) is 11.1 Å². The molecule has 1 radical (unpaired) electrons. The van der Waals surface area contributed by atoms with E-state index in [4.69, 9.17) is 4.42 Å². The summed E-state index contributed by atoms with van der Waals surface area (Å²) in [5, 5.41) is 0. The van der Waals surface area contributed by atoms with Gasteiger partial charge in [0.15, 0.2) is 0 Å². The molecule has 0 aliphatic heterocycles. The lowest BCUT2D eigenvalue weighted by atomic mass is 10.1. The molecular weight excluding hydrogens is 148 g/mol. The minimum Gasteiger partial charge on any atom is -0.469 e. The van der Waals surface area contributed by atoms with E-state index in [-0.39, 0.29) is 0 Å². The van der Waals surface area contributed by atoms with Crippen LogP contribution in [0.25, 0.3) is 11.1 Å². The minimum atomic E-state index is 0.942. The van der Waals surface area contributed by atoms with Crippen molar-refractivity contribution in [1.29, 1.82) is 0 Å². The highest BCUT2D eigenvalue weighted by molar-refractivity contribution is 5.64. The molecule has 0 spiro atoms. The fourth-order valence-electron chi connectivity index (χ4n) is 1.23. The maximum absolute atomic E-state index is 5.20. The topological polar surface area (TPSA) is 13.1 Å². The average Bonchev–Trinajstić information content (AvgIpc) is 2.53. The van der Waals surface area contributed by atoms with Gasteiger partial charge in [0.05, 0.1) is 6.26 Å². The highest BCUT2D eigenvalue weighted by atomic mass is 16.3. The summed E-state index contributed by atoms with van der Waals surface area (Å²) < 4.78 is 5.20. The molecule has 2 aromatic rings. The van der Waals surface area contributed by atoms with Crippen molar-refractivity contribution in [2.75, 3.05) is 0 Å². The van der Waals surface area contributed by atoms with Gasteiger partial charge in [0.1, 0.15) is 5.76 Å². The first-order valence-corrected chi connectivity index (χ1v) is 3.89. The van der Waals surface area contributed by atoms with Crippen molar-refractivity contribution in [3.05, 3.63) is 48.4 Å². The van der Waals surface area contributed by atoms with Gasteiger partial charge in [0, 0.05) is 5.56 Å². The average molecular weight is 157 g/mol. The summed E-state index contributed by atoms with van der Waals surface area (Å²) in [4.78, 5) is 0. The summed E-state index contributed by atoms with van der Waals surface area (Å²) in [7, 11) is 0. The molecule has 1 nitrogen and oxygen atoms in total. The van der Waals surface area contributed by atoms with Gasteiger partial charge in [-0.2, -0.15) is 0 Å². The Balaban J connectivity index is 2.51. The monoisotopic (exact) mass is 157 g/mol. The quantitative estimate of drug-likeness (QED) is 0.620. The molecule has 59 valence electrons. The van der Waals surface area contributed by atoms with E-state index in [2.05, 4.69) is 6.07 Å². The normalized spacial score (nSPS) is 10.1. The Bertz CT molecular complexity index is 360. The van der Waals surface area contributed by atoms with Gasteiger partial charge in [0.2, 0.25) is 0 Å². The van der Waals surface area contributed by atoms with Crippen LogP contribution >= 0.6 is 0 Å². The van der Waals surface area contributed by atoms with Crippen molar-refractivity contribution in [1.82, 2.24) is 0 Å². The van der Waals surface area contributed by atoms with Gasteiger partial charge in [-0.05, 0) is 24.6 Å². The summed E-state index contributed by atoms with van der Waals surface area (Å²) in [5.41, 5.74) is 2.21. The molecule has 12 heavy (non-hydrogen) atoms. The highest BCUT2D eigenvalue weighted by Gasteiger charge is 2.02. The van der Waals surface area contributed by atoms with Gasteiger partial charge >= 0.3 is 0 Å². The molecular formula is C11H9O. The van der Waals surface area contributed by atoms with E-state index in [1.165, 1.54) is 0 Å². The molecule has 0 unspecified atom stereocenters. The predicted molar refractivity (Wildman–Crippen MR) is 47.7 cm³/mol. The summed E-state index contributed by atoms with van der Waals surface area (Å²) in [6.45, 7) is 1.95. The molecule has 0 bridgehead atoms. The van der Waals surface area contributed by atoms with Crippen LogP contribution < -0.4 is 0 Å². The molecule has 0 saturated heterocycles. The smallest absolute Gasteiger partial charge is 0.108 e. The second kappa shape index (κ2) is 2.86. The lowest BCUT2D eigenvalue weighted by Gasteiger charge is -1.95. The van der Waals surface area contributed by atoms with E-state index >= 15 is 0 Å². The van der Waals surface area contributed by atoms with Crippen LogP contribution in [-0.4, -0.2) is 0 Å². The van der Waals surface area contributed by atoms with Gasteiger partial charge in [-0.1, -0.05) is 24.3 Å². The number of aryl methyl sites for hydroxylation is 1. The van der Waals surface area contributed by atoms with E-state index in [1.807, 2.05) is 37.3 Å². The zero-order valence-corrected chi connectivity index (χ0v) is 6.87. The van der Waals surface area contributed by atoms with Crippen LogP contribution in [0, 0.1) is 13.0 Å². The van der Waals surface area contributed by atoms with E-state index in [0.717, 1.165) is 16.9 Å². The van der Waals surface area contributed by atoms with Crippen LogP contribution in [0.5, 0.6) is 0 Å². The molecule has 0 aliphatic rings. The number of hydrogen-bond donors (Lipinski definition) is 0. The highest BCUT2D eigenvalue weighted by Crippen LogP contribution is 2.22. The zero-order valence-electron chi connectivity index (χ0n) is 6.87. The summed E-state index contributed by atoms with van der Waals surface area (Å²) in [6, 6.07) is 13.0. The molecule has 0 aliphatic carbocycles. The van der Waals surface area contributed by atoms with Crippen molar-refractivity contribution in [2.45, 2.75) is 6.92 Å². The predicted octanol–water partition coefficient (Wildman–Crippen LogP) is 3.06. The minimum absolute atomic E-state index is 0.942. The molecule has 0 N–H and O–H groups in total. The fraction of sp³-hybridized carbons (Fsp3) is 0.0909. The molecule has 1 aromatic heterocycles. The summed E-state index contributed by atoms with van der Waals surface area (Å²) >= 11 is 0. The standard InChI is InChI=1S/C11H9O/c1-9-11(7-8-12-9)10-5-3-2-4-6-10/h2-5,7-8H,1H3. The Kier molecular flexibility index (Phi) is 1.71. The fourth-order valence-corrected chi connectivity index (χ4v) is 1.23. The Morgan fingerprint density at radius 3 is 2.75 bits per heavy atom. The van der Waals surface area contributed by atoms with Crippen LogP contribution in [0.2, 0.25) is 0 Å².